The average Bonchev–Trinajstić information content (AvgIpc) is 2.78. The maximum Gasteiger partial charge on any atom is 0.269 e. The van der Waals surface area contributed by atoms with Gasteiger partial charge in [-0.2, -0.15) is 5.10 Å². The molecule has 0 aromatic carbocycles. The first-order valence-corrected chi connectivity index (χ1v) is 6.29. The molecule has 8 nitrogen and oxygen atoms in total. The van der Waals surface area contributed by atoms with Crippen LogP contribution in [0.1, 0.15) is 22.6 Å². The summed E-state index contributed by atoms with van der Waals surface area (Å²) in [6.07, 6.45) is 0.140. The second-order valence-electron chi connectivity index (χ2n) is 5.55. The van der Waals surface area contributed by atoms with Crippen LogP contribution in [0.2, 0.25) is 0 Å². The van der Waals surface area contributed by atoms with Crippen LogP contribution in [0.4, 0.5) is 0 Å². The lowest BCUT2D eigenvalue weighted by atomic mass is 9.86. The number of fused-ring (bicyclic) bond motifs is 1. The van der Waals surface area contributed by atoms with Crippen molar-refractivity contribution in [3.63, 3.8) is 0 Å². The average molecular weight is 277 g/mol. The van der Waals surface area contributed by atoms with E-state index in [2.05, 4.69) is 10.4 Å². The molecule has 0 aliphatic carbocycles. The van der Waals surface area contributed by atoms with Crippen molar-refractivity contribution in [3.8, 4) is 0 Å². The van der Waals surface area contributed by atoms with E-state index in [1.54, 1.807) is 10.7 Å². The summed E-state index contributed by atoms with van der Waals surface area (Å²) >= 11 is 0. The Morgan fingerprint density at radius 3 is 2.80 bits per heavy atom. The van der Waals surface area contributed by atoms with Gasteiger partial charge in [0.15, 0.2) is 0 Å². The third-order valence-corrected chi connectivity index (χ3v) is 3.81. The Kier molecular flexibility index (Phi) is 2.65. The normalized spacial score (nSPS) is 26.4. The van der Waals surface area contributed by atoms with Crippen molar-refractivity contribution in [1.82, 2.24) is 20.0 Å². The van der Waals surface area contributed by atoms with Gasteiger partial charge in [-0.3, -0.25) is 29.3 Å². The summed E-state index contributed by atoms with van der Waals surface area (Å²) in [4.78, 5) is 36.8. The van der Waals surface area contributed by atoms with Gasteiger partial charge in [0.1, 0.15) is 5.69 Å². The van der Waals surface area contributed by atoms with Crippen LogP contribution in [0.25, 0.3) is 0 Å². The molecule has 1 saturated heterocycles. The number of nitrogens with zero attached hydrogens (tertiary/aromatic N) is 3. The minimum absolute atomic E-state index is 0.140. The molecule has 1 unspecified atom stereocenters. The number of hydrogen-bond acceptors (Lipinski definition) is 5. The number of carbonyl (C=O) groups excluding carboxylic acids is 3. The Morgan fingerprint density at radius 2 is 2.20 bits per heavy atom. The molecule has 2 aliphatic rings. The SMILES string of the molecule is CN1Cc2cc(C(N)=O)nn2CC2(CC(=O)NC2=O)C1. The highest BCUT2D eigenvalue weighted by Crippen LogP contribution is 2.33. The van der Waals surface area contributed by atoms with Gasteiger partial charge in [0.05, 0.1) is 17.7 Å². The van der Waals surface area contributed by atoms with Crippen molar-refractivity contribution >= 4 is 17.7 Å². The quantitative estimate of drug-likeness (QED) is 0.604. The number of carbonyl (C=O) groups is 3. The number of primary amides is 1. The van der Waals surface area contributed by atoms with Crippen molar-refractivity contribution in [2.24, 2.45) is 11.1 Å². The smallest absolute Gasteiger partial charge is 0.269 e. The summed E-state index contributed by atoms with van der Waals surface area (Å²) in [7, 11) is 1.87. The minimum atomic E-state index is -0.821. The predicted molar refractivity (Wildman–Crippen MR) is 67.3 cm³/mol. The van der Waals surface area contributed by atoms with Crippen LogP contribution in [-0.4, -0.2) is 46.0 Å². The molecule has 1 spiro atoms. The molecule has 1 fully saturated rings. The molecule has 8 heteroatoms. The van der Waals surface area contributed by atoms with Crippen LogP contribution in [0.15, 0.2) is 6.07 Å². The first kappa shape index (κ1) is 12.8. The van der Waals surface area contributed by atoms with Crippen molar-refractivity contribution < 1.29 is 14.4 Å². The van der Waals surface area contributed by atoms with Crippen LogP contribution in [0.5, 0.6) is 0 Å². The fraction of sp³-hybridized carbons (Fsp3) is 0.500. The number of nitrogens with one attached hydrogen (secondary N) is 1. The van der Waals surface area contributed by atoms with Gasteiger partial charge in [-0.05, 0) is 13.1 Å². The summed E-state index contributed by atoms with van der Waals surface area (Å²) in [5.41, 5.74) is 5.40. The highest BCUT2D eigenvalue weighted by Gasteiger charge is 2.49. The molecule has 1 atom stereocenters. The molecule has 3 heterocycles. The third kappa shape index (κ3) is 1.88. The number of rotatable bonds is 1. The number of amides is 3. The van der Waals surface area contributed by atoms with E-state index < -0.39 is 11.3 Å². The summed E-state index contributed by atoms with van der Waals surface area (Å²) in [5.74, 6) is -1.15. The zero-order valence-corrected chi connectivity index (χ0v) is 11.0. The molecule has 1 aromatic rings. The summed E-state index contributed by atoms with van der Waals surface area (Å²) < 4.78 is 1.61. The van der Waals surface area contributed by atoms with Crippen LogP contribution < -0.4 is 11.1 Å². The van der Waals surface area contributed by atoms with Gasteiger partial charge in [-0.1, -0.05) is 0 Å². The highest BCUT2D eigenvalue weighted by atomic mass is 16.2. The Bertz CT molecular complexity index is 623. The number of imide groups is 1. The van der Waals surface area contributed by atoms with Gasteiger partial charge in [0.2, 0.25) is 11.8 Å². The van der Waals surface area contributed by atoms with Crippen molar-refractivity contribution in [1.29, 1.82) is 0 Å². The van der Waals surface area contributed by atoms with Crippen molar-refractivity contribution in [2.45, 2.75) is 19.5 Å². The number of nitrogens with two attached hydrogens (primary N) is 1. The van der Waals surface area contributed by atoms with E-state index in [4.69, 9.17) is 5.73 Å². The Morgan fingerprint density at radius 1 is 1.45 bits per heavy atom. The topological polar surface area (TPSA) is 110 Å². The molecular weight excluding hydrogens is 262 g/mol. The lowest BCUT2D eigenvalue weighted by molar-refractivity contribution is -0.129. The molecule has 0 saturated carbocycles. The van der Waals surface area contributed by atoms with Gasteiger partial charge >= 0.3 is 0 Å². The van der Waals surface area contributed by atoms with Crippen LogP contribution >= 0.6 is 0 Å². The van der Waals surface area contributed by atoms with E-state index in [9.17, 15) is 14.4 Å². The van der Waals surface area contributed by atoms with Crippen LogP contribution in [0, 0.1) is 5.41 Å². The molecular formula is C12H15N5O3. The van der Waals surface area contributed by atoms with E-state index >= 15 is 0 Å². The zero-order valence-electron chi connectivity index (χ0n) is 11.0. The summed E-state index contributed by atoms with van der Waals surface area (Å²) in [6, 6.07) is 1.63. The van der Waals surface area contributed by atoms with Gasteiger partial charge < -0.3 is 5.73 Å². The van der Waals surface area contributed by atoms with E-state index in [0.717, 1.165) is 5.69 Å². The maximum atomic E-state index is 12.1. The first-order valence-electron chi connectivity index (χ1n) is 6.29. The zero-order chi connectivity index (χ0) is 14.5. The second-order valence-corrected chi connectivity index (χ2v) is 5.55. The molecule has 3 rings (SSSR count). The summed E-state index contributed by atoms with van der Waals surface area (Å²) in [6.45, 7) is 1.29. The first-order chi connectivity index (χ1) is 9.39. The molecule has 0 radical (unpaired) electrons. The minimum Gasteiger partial charge on any atom is -0.364 e. The van der Waals surface area contributed by atoms with Gasteiger partial charge in [0, 0.05) is 19.5 Å². The van der Waals surface area contributed by atoms with E-state index in [0.29, 0.717) is 13.1 Å². The molecule has 3 N–H and O–H groups in total. The predicted octanol–water partition coefficient (Wildman–Crippen LogP) is -1.54. The highest BCUT2D eigenvalue weighted by molar-refractivity contribution is 6.06. The number of aromatic nitrogens is 2. The molecule has 106 valence electrons. The van der Waals surface area contributed by atoms with E-state index in [-0.39, 0.29) is 30.5 Å². The Labute approximate surface area is 114 Å². The second kappa shape index (κ2) is 4.14. The summed E-state index contributed by atoms with van der Waals surface area (Å²) in [5, 5.41) is 6.50. The Balaban J connectivity index is 2.03. The monoisotopic (exact) mass is 277 g/mol. The van der Waals surface area contributed by atoms with Crippen molar-refractivity contribution in [3.05, 3.63) is 17.5 Å². The fourth-order valence-electron chi connectivity index (χ4n) is 2.97. The lowest BCUT2D eigenvalue weighted by Gasteiger charge is -2.26. The molecule has 2 aliphatic heterocycles. The van der Waals surface area contributed by atoms with E-state index in [1.807, 2.05) is 11.9 Å². The fourth-order valence-corrected chi connectivity index (χ4v) is 2.97. The molecule has 0 bridgehead atoms. The molecule has 1 aromatic heterocycles. The standard InChI is InChI=1S/C12H15N5O3/c1-16-4-7-2-8(10(13)19)15-17(7)6-12(5-16)3-9(18)14-11(12)20/h2H,3-6H2,1H3,(H2,13,19)(H,14,18,20). The van der Waals surface area contributed by atoms with Gasteiger partial charge in [-0.25, -0.2) is 0 Å². The molecule has 3 amide bonds. The molecule has 20 heavy (non-hydrogen) atoms. The Hall–Kier alpha value is -2.22. The van der Waals surface area contributed by atoms with Crippen LogP contribution in [-0.2, 0) is 22.7 Å². The maximum absolute atomic E-state index is 12.1. The lowest BCUT2D eigenvalue weighted by Crippen LogP contribution is -2.42. The third-order valence-electron chi connectivity index (χ3n) is 3.81. The van der Waals surface area contributed by atoms with E-state index in [1.165, 1.54) is 0 Å². The van der Waals surface area contributed by atoms with Crippen molar-refractivity contribution in [2.75, 3.05) is 13.6 Å². The van der Waals surface area contributed by atoms with Crippen LogP contribution in [0.3, 0.4) is 0 Å². The number of hydrogen-bond donors (Lipinski definition) is 2. The van der Waals surface area contributed by atoms with Gasteiger partial charge in [-0.15, -0.1) is 0 Å². The largest absolute Gasteiger partial charge is 0.364 e. The van der Waals surface area contributed by atoms with Gasteiger partial charge in [0.25, 0.3) is 5.91 Å².